The fraction of sp³-hybridized carbons (Fsp3) is 0.261. The number of aryl methyl sites for hydroxylation is 1. The number of ketones is 1. The predicted octanol–water partition coefficient (Wildman–Crippen LogP) is 4.93. The van der Waals surface area contributed by atoms with E-state index in [1.807, 2.05) is 48.2 Å². The minimum absolute atomic E-state index is 0.0353. The van der Waals surface area contributed by atoms with E-state index in [4.69, 9.17) is 11.6 Å². The van der Waals surface area contributed by atoms with Gasteiger partial charge in [-0.05, 0) is 44.0 Å². The molecular formula is C23H21ClN2O2. The standard InChI is InChI=1S/C23H21ClN2O2/c1-15-4-6-16(7-5-15)22(27)17-10-13-26(14-11-17)23(28)19-8-9-20(24)18-3-2-12-25-21(18)19/h2-9,12,17H,10-11,13-14H2,1H3. The molecule has 0 atom stereocenters. The number of carbonyl (C=O) groups excluding carboxylic acids is 2. The van der Waals surface area contributed by atoms with Gasteiger partial charge in [-0.3, -0.25) is 14.6 Å². The lowest BCUT2D eigenvalue weighted by atomic mass is 9.88. The second-order valence-electron chi connectivity index (χ2n) is 7.29. The third-order valence-electron chi connectivity index (χ3n) is 5.44. The van der Waals surface area contributed by atoms with Crippen molar-refractivity contribution in [1.82, 2.24) is 9.88 Å². The molecule has 28 heavy (non-hydrogen) atoms. The zero-order valence-corrected chi connectivity index (χ0v) is 16.4. The summed E-state index contributed by atoms with van der Waals surface area (Å²) >= 11 is 6.24. The largest absolute Gasteiger partial charge is 0.339 e. The zero-order chi connectivity index (χ0) is 19.7. The summed E-state index contributed by atoms with van der Waals surface area (Å²) in [5.74, 6) is 0.0825. The van der Waals surface area contributed by atoms with Crippen LogP contribution < -0.4 is 0 Å². The number of hydrogen-bond acceptors (Lipinski definition) is 3. The van der Waals surface area contributed by atoms with Crippen molar-refractivity contribution in [2.24, 2.45) is 5.92 Å². The summed E-state index contributed by atoms with van der Waals surface area (Å²) in [6, 6.07) is 14.9. The summed E-state index contributed by atoms with van der Waals surface area (Å²) in [6.07, 6.45) is 3.02. The molecule has 1 saturated heterocycles. The third kappa shape index (κ3) is 3.52. The van der Waals surface area contributed by atoms with Crippen LogP contribution in [0.4, 0.5) is 0 Å². The van der Waals surface area contributed by atoms with Gasteiger partial charge >= 0.3 is 0 Å². The van der Waals surface area contributed by atoms with E-state index in [0.29, 0.717) is 42.0 Å². The second kappa shape index (κ2) is 7.72. The van der Waals surface area contributed by atoms with Crippen LogP contribution in [0, 0.1) is 12.8 Å². The number of likely N-dealkylation sites (tertiary alicyclic amines) is 1. The highest BCUT2D eigenvalue weighted by atomic mass is 35.5. The molecule has 5 heteroatoms. The smallest absolute Gasteiger partial charge is 0.256 e. The Kier molecular flexibility index (Phi) is 5.14. The van der Waals surface area contributed by atoms with E-state index in [9.17, 15) is 9.59 Å². The zero-order valence-electron chi connectivity index (χ0n) is 15.7. The molecule has 1 aliphatic rings. The van der Waals surface area contributed by atoms with Gasteiger partial charge in [-0.15, -0.1) is 0 Å². The Labute approximate surface area is 169 Å². The van der Waals surface area contributed by atoms with Gasteiger partial charge in [0.2, 0.25) is 0 Å². The summed E-state index contributed by atoms with van der Waals surface area (Å²) in [6.45, 7) is 3.14. The average Bonchev–Trinajstić information content (AvgIpc) is 2.74. The summed E-state index contributed by atoms with van der Waals surface area (Å²) in [7, 11) is 0. The molecule has 0 N–H and O–H groups in total. The Morgan fingerprint density at radius 2 is 1.75 bits per heavy atom. The highest BCUT2D eigenvalue weighted by molar-refractivity contribution is 6.36. The van der Waals surface area contributed by atoms with Gasteiger partial charge < -0.3 is 4.90 Å². The summed E-state index contributed by atoms with van der Waals surface area (Å²) < 4.78 is 0. The van der Waals surface area contributed by atoms with Crippen molar-refractivity contribution in [2.45, 2.75) is 19.8 Å². The number of hydrogen-bond donors (Lipinski definition) is 0. The van der Waals surface area contributed by atoms with Crippen LogP contribution >= 0.6 is 11.6 Å². The van der Waals surface area contributed by atoms with Crippen molar-refractivity contribution in [3.8, 4) is 0 Å². The molecule has 2 heterocycles. The van der Waals surface area contributed by atoms with Crippen molar-refractivity contribution in [1.29, 1.82) is 0 Å². The lowest BCUT2D eigenvalue weighted by molar-refractivity contribution is 0.0652. The second-order valence-corrected chi connectivity index (χ2v) is 7.70. The molecule has 1 fully saturated rings. The Hall–Kier alpha value is -2.72. The molecule has 0 spiro atoms. The molecular weight excluding hydrogens is 372 g/mol. The van der Waals surface area contributed by atoms with Gasteiger partial charge in [-0.25, -0.2) is 0 Å². The van der Waals surface area contributed by atoms with Crippen molar-refractivity contribution < 1.29 is 9.59 Å². The van der Waals surface area contributed by atoms with Gasteiger partial charge in [-0.1, -0.05) is 41.4 Å². The van der Waals surface area contributed by atoms with Gasteiger partial charge in [0.25, 0.3) is 5.91 Å². The van der Waals surface area contributed by atoms with E-state index in [1.165, 1.54) is 0 Å². The van der Waals surface area contributed by atoms with Crippen molar-refractivity contribution in [3.05, 3.63) is 76.4 Å². The molecule has 4 rings (SSSR count). The maximum absolute atomic E-state index is 13.1. The first kappa shape index (κ1) is 18.6. The SMILES string of the molecule is Cc1ccc(C(=O)C2CCN(C(=O)c3ccc(Cl)c4cccnc34)CC2)cc1. The summed E-state index contributed by atoms with van der Waals surface area (Å²) in [5, 5.41) is 1.36. The van der Waals surface area contributed by atoms with Crippen LogP contribution in [-0.2, 0) is 0 Å². The molecule has 0 saturated carbocycles. The van der Waals surface area contributed by atoms with Crippen molar-refractivity contribution >= 4 is 34.2 Å². The molecule has 1 aromatic heterocycles. The minimum Gasteiger partial charge on any atom is -0.339 e. The van der Waals surface area contributed by atoms with Gasteiger partial charge in [0.1, 0.15) is 0 Å². The van der Waals surface area contributed by atoms with Crippen LogP contribution in [0.2, 0.25) is 5.02 Å². The lowest BCUT2D eigenvalue weighted by Gasteiger charge is -2.31. The molecule has 1 amide bonds. The van der Waals surface area contributed by atoms with Gasteiger partial charge in [0.15, 0.2) is 5.78 Å². The van der Waals surface area contributed by atoms with Crippen molar-refractivity contribution in [3.63, 3.8) is 0 Å². The quantitative estimate of drug-likeness (QED) is 0.593. The number of fused-ring (bicyclic) bond motifs is 1. The number of aromatic nitrogens is 1. The first-order chi connectivity index (χ1) is 13.5. The van der Waals surface area contributed by atoms with E-state index in [1.54, 1.807) is 18.3 Å². The van der Waals surface area contributed by atoms with Crippen LogP contribution in [0.5, 0.6) is 0 Å². The van der Waals surface area contributed by atoms with Crippen LogP contribution in [-0.4, -0.2) is 34.7 Å². The Balaban J connectivity index is 1.48. The van der Waals surface area contributed by atoms with Gasteiger partial charge in [0.05, 0.1) is 16.1 Å². The number of piperidine rings is 1. The first-order valence-corrected chi connectivity index (χ1v) is 9.86. The molecule has 2 aromatic carbocycles. The molecule has 1 aliphatic heterocycles. The monoisotopic (exact) mass is 392 g/mol. The van der Waals surface area contributed by atoms with Crippen LogP contribution in [0.15, 0.2) is 54.7 Å². The van der Waals surface area contributed by atoms with E-state index in [2.05, 4.69) is 4.98 Å². The maximum atomic E-state index is 13.1. The summed E-state index contributed by atoms with van der Waals surface area (Å²) in [5.41, 5.74) is 3.07. The van der Waals surface area contributed by atoms with Crippen molar-refractivity contribution in [2.75, 3.05) is 13.1 Å². The topological polar surface area (TPSA) is 50.3 Å². The van der Waals surface area contributed by atoms with Gasteiger partial charge in [0, 0.05) is 36.2 Å². The highest BCUT2D eigenvalue weighted by Crippen LogP contribution is 2.28. The molecule has 142 valence electrons. The molecule has 0 unspecified atom stereocenters. The molecule has 3 aromatic rings. The number of amides is 1. The van der Waals surface area contributed by atoms with E-state index in [-0.39, 0.29) is 17.6 Å². The predicted molar refractivity (Wildman–Crippen MR) is 111 cm³/mol. The first-order valence-electron chi connectivity index (χ1n) is 9.48. The third-order valence-corrected chi connectivity index (χ3v) is 5.77. The fourth-order valence-electron chi connectivity index (χ4n) is 3.78. The number of pyridine rings is 1. The number of nitrogens with zero attached hydrogens (tertiary/aromatic N) is 2. The average molecular weight is 393 g/mol. The lowest BCUT2D eigenvalue weighted by Crippen LogP contribution is -2.40. The number of Topliss-reactive ketones (excluding diaryl/α,β-unsaturated/α-hetero) is 1. The fourth-order valence-corrected chi connectivity index (χ4v) is 3.99. The number of benzene rings is 2. The van der Waals surface area contributed by atoms with Gasteiger partial charge in [-0.2, -0.15) is 0 Å². The minimum atomic E-state index is -0.0541. The molecule has 0 bridgehead atoms. The Morgan fingerprint density at radius 1 is 1.04 bits per heavy atom. The van der Waals surface area contributed by atoms with E-state index >= 15 is 0 Å². The van der Waals surface area contributed by atoms with Crippen LogP contribution in [0.25, 0.3) is 10.9 Å². The molecule has 0 radical (unpaired) electrons. The number of carbonyl (C=O) groups is 2. The van der Waals surface area contributed by atoms with E-state index < -0.39 is 0 Å². The number of halogens is 1. The highest BCUT2D eigenvalue weighted by Gasteiger charge is 2.29. The Bertz CT molecular complexity index is 1040. The molecule has 4 nitrogen and oxygen atoms in total. The van der Waals surface area contributed by atoms with E-state index in [0.717, 1.165) is 16.5 Å². The van der Waals surface area contributed by atoms with Crippen LogP contribution in [0.1, 0.15) is 39.1 Å². The number of rotatable bonds is 3. The molecule has 0 aliphatic carbocycles. The van der Waals surface area contributed by atoms with Crippen LogP contribution in [0.3, 0.4) is 0 Å². The normalized spacial score (nSPS) is 15.0. The Morgan fingerprint density at radius 3 is 2.46 bits per heavy atom. The maximum Gasteiger partial charge on any atom is 0.256 e. The summed E-state index contributed by atoms with van der Waals surface area (Å²) in [4.78, 5) is 32.0.